The molecule has 0 bridgehead atoms. The lowest BCUT2D eigenvalue weighted by atomic mass is 10.1. The van der Waals surface area contributed by atoms with Crippen LogP contribution in [0, 0.1) is 0 Å². The summed E-state index contributed by atoms with van der Waals surface area (Å²) < 4.78 is 1.12. The first kappa shape index (κ1) is 17.2. The van der Waals surface area contributed by atoms with Crippen LogP contribution >= 0.6 is 15.9 Å². The molecule has 3 rings (SSSR count). The molecule has 1 aromatic heterocycles. The van der Waals surface area contributed by atoms with E-state index in [4.69, 9.17) is 0 Å². The summed E-state index contributed by atoms with van der Waals surface area (Å²) in [6.07, 6.45) is 5.79. The Hall–Kier alpha value is -1.66. The summed E-state index contributed by atoms with van der Waals surface area (Å²) in [6, 6.07) is 10.6. The molecule has 6 heteroatoms. The highest BCUT2D eigenvalue weighted by Gasteiger charge is 2.25. The Labute approximate surface area is 151 Å². The van der Waals surface area contributed by atoms with E-state index in [2.05, 4.69) is 54.3 Å². The lowest BCUT2D eigenvalue weighted by molar-refractivity contribution is 0.266. The van der Waals surface area contributed by atoms with Crippen LogP contribution in [0.2, 0.25) is 0 Å². The number of aliphatic hydroxyl groups excluding tert-OH is 1. The van der Waals surface area contributed by atoms with Crippen LogP contribution in [-0.4, -0.2) is 40.8 Å². The second kappa shape index (κ2) is 8.44. The number of benzene rings is 1. The molecule has 2 heterocycles. The van der Waals surface area contributed by atoms with Gasteiger partial charge in [0.25, 0.3) is 0 Å². The molecule has 1 aliphatic heterocycles. The van der Waals surface area contributed by atoms with Gasteiger partial charge in [-0.2, -0.15) is 0 Å². The minimum absolute atomic E-state index is 0.180. The standard InChI is InChI=1S/C18H23BrN4O/c19-15-6-1-4-14(10-15)5-2-8-20-17-11-18(22-13-21-17)23-9-3-7-16(23)12-24/h1,4,6,10-11,13,16,24H,2-3,5,7-9,12H2,(H,20,21,22). The van der Waals surface area contributed by atoms with Crippen molar-refractivity contribution in [3.63, 3.8) is 0 Å². The number of rotatable bonds is 7. The summed E-state index contributed by atoms with van der Waals surface area (Å²) in [5, 5.41) is 12.8. The summed E-state index contributed by atoms with van der Waals surface area (Å²) in [5.74, 6) is 1.74. The zero-order valence-electron chi connectivity index (χ0n) is 13.7. The third-order valence-electron chi connectivity index (χ3n) is 4.37. The van der Waals surface area contributed by atoms with Crippen molar-refractivity contribution in [2.75, 3.05) is 29.9 Å². The van der Waals surface area contributed by atoms with E-state index < -0.39 is 0 Å². The largest absolute Gasteiger partial charge is 0.394 e. The molecule has 24 heavy (non-hydrogen) atoms. The van der Waals surface area contributed by atoms with Crippen molar-refractivity contribution >= 4 is 27.6 Å². The van der Waals surface area contributed by atoms with Crippen molar-refractivity contribution in [1.82, 2.24) is 9.97 Å². The van der Waals surface area contributed by atoms with Crippen molar-refractivity contribution in [3.8, 4) is 0 Å². The van der Waals surface area contributed by atoms with Crippen LogP contribution in [0.25, 0.3) is 0 Å². The lowest BCUT2D eigenvalue weighted by Crippen LogP contribution is -2.32. The van der Waals surface area contributed by atoms with E-state index in [1.54, 1.807) is 6.33 Å². The average Bonchev–Trinajstić information content (AvgIpc) is 3.08. The summed E-state index contributed by atoms with van der Waals surface area (Å²) >= 11 is 3.50. The molecule has 0 aliphatic carbocycles. The molecule has 5 nitrogen and oxygen atoms in total. The van der Waals surface area contributed by atoms with Crippen molar-refractivity contribution in [1.29, 1.82) is 0 Å². The molecule has 0 radical (unpaired) electrons. The third kappa shape index (κ3) is 4.45. The molecular formula is C18H23BrN4O. The highest BCUT2D eigenvalue weighted by molar-refractivity contribution is 9.10. The van der Waals surface area contributed by atoms with Gasteiger partial charge in [0.2, 0.25) is 0 Å². The van der Waals surface area contributed by atoms with Crippen LogP contribution in [-0.2, 0) is 6.42 Å². The minimum atomic E-state index is 0.180. The molecule has 1 unspecified atom stereocenters. The topological polar surface area (TPSA) is 61.3 Å². The van der Waals surface area contributed by atoms with Crippen LogP contribution in [0.4, 0.5) is 11.6 Å². The van der Waals surface area contributed by atoms with Gasteiger partial charge in [0.15, 0.2) is 0 Å². The number of hydrogen-bond donors (Lipinski definition) is 2. The molecule has 1 atom stereocenters. The second-order valence-electron chi connectivity index (χ2n) is 6.09. The van der Waals surface area contributed by atoms with Gasteiger partial charge < -0.3 is 15.3 Å². The van der Waals surface area contributed by atoms with E-state index in [-0.39, 0.29) is 12.6 Å². The maximum Gasteiger partial charge on any atom is 0.134 e. The Balaban J connectivity index is 1.51. The van der Waals surface area contributed by atoms with Crippen LogP contribution in [0.1, 0.15) is 24.8 Å². The Kier molecular flexibility index (Phi) is 6.04. The average molecular weight is 391 g/mol. The van der Waals surface area contributed by atoms with Crippen LogP contribution in [0.5, 0.6) is 0 Å². The Morgan fingerprint density at radius 2 is 2.21 bits per heavy atom. The summed E-state index contributed by atoms with van der Waals surface area (Å²) in [5.41, 5.74) is 1.33. The van der Waals surface area contributed by atoms with Crippen molar-refractivity contribution in [3.05, 3.63) is 46.7 Å². The van der Waals surface area contributed by atoms with Crippen LogP contribution in [0.15, 0.2) is 41.1 Å². The van der Waals surface area contributed by atoms with E-state index >= 15 is 0 Å². The number of hydrogen-bond acceptors (Lipinski definition) is 5. The normalized spacial score (nSPS) is 17.2. The molecule has 1 fully saturated rings. The summed E-state index contributed by atoms with van der Waals surface area (Å²) in [4.78, 5) is 10.8. The van der Waals surface area contributed by atoms with Gasteiger partial charge in [0, 0.05) is 23.6 Å². The summed E-state index contributed by atoms with van der Waals surface area (Å²) in [7, 11) is 0. The molecule has 2 aromatic rings. The number of aliphatic hydroxyl groups is 1. The van der Waals surface area contributed by atoms with E-state index in [1.807, 2.05) is 12.1 Å². The van der Waals surface area contributed by atoms with E-state index in [0.29, 0.717) is 0 Å². The van der Waals surface area contributed by atoms with Crippen LogP contribution < -0.4 is 10.2 Å². The van der Waals surface area contributed by atoms with Crippen molar-refractivity contribution in [2.45, 2.75) is 31.7 Å². The zero-order chi connectivity index (χ0) is 16.8. The predicted octanol–water partition coefficient (Wildman–Crippen LogP) is 3.24. The van der Waals surface area contributed by atoms with Gasteiger partial charge in [0.1, 0.15) is 18.0 Å². The molecule has 2 N–H and O–H groups in total. The number of aromatic nitrogens is 2. The number of nitrogens with one attached hydrogen (secondary N) is 1. The number of halogens is 1. The van der Waals surface area contributed by atoms with Crippen LogP contribution in [0.3, 0.4) is 0 Å². The van der Waals surface area contributed by atoms with E-state index in [9.17, 15) is 5.11 Å². The van der Waals surface area contributed by atoms with Crippen molar-refractivity contribution in [2.24, 2.45) is 0 Å². The molecular weight excluding hydrogens is 368 g/mol. The van der Waals surface area contributed by atoms with E-state index in [0.717, 1.165) is 54.9 Å². The third-order valence-corrected chi connectivity index (χ3v) is 4.87. The van der Waals surface area contributed by atoms with Gasteiger partial charge in [-0.3, -0.25) is 0 Å². The molecule has 0 saturated carbocycles. The van der Waals surface area contributed by atoms with Gasteiger partial charge in [-0.05, 0) is 43.4 Å². The SMILES string of the molecule is OCC1CCCN1c1cc(NCCCc2cccc(Br)c2)ncn1. The first-order valence-corrected chi connectivity index (χ1v) is 9.23. The molecule has 1 aromatic carbocycles. The Morgan fingerprint density at radius 3 is 3.04 bits per heavy atom. The second-order valence-corrected chi connectivity index (χ2v) is 7.01. The zero-order valence-corrected chi connectivity index (χ0v) is 15.2. The monoisotopic (exact) mass is 390 g/mol. The smallest absolute Gasteiger partial charge is 0.134 e. The fraction of sp³-hybridized carbons (Fsp3) is 0.444. The predicted molar refractivity (Wildman–Crippen MR) is 100 cm³/mol. The molecule has 1 saturated heterocycles. The molecule has 1 aliphatic rings. The molecule has 0 amide bonds. The maximum absolute atomic E-state index is 9.46. The number of anilines is 2. The maximum atomic E-state index is 9.46. The fourth-order valence-electron chi connectivity index (χ4n) is 3.13. The van der Waals surface area contributed by atoms with Crippen molar-refractivity contribution < 1.29 is 5.11 Å². The Morgan fingerprint density at radius 1 is 1.29 bits per heavy atom. The summed E-state index contributed by atoms with van der Waals surface area (Å²) in [6.45, 7) is 2.00. The van der Waals surface area contributed by atoms with E-state index in [1.165, 1.54) is 5.56 Å². The Bertz CT molecular complexity index is 667. The first-order valence-electron chi connectivity index (χ1n) is 8.44. The minimum Gasteiger partial charge on any atom is -0.394 e. The number of aryl methyl sites for hydroxylation is 1. The highest BCUT2D eigenvalue weighted by atomic mass is 79.9. The quantitative estimate of drug-likeness (QED) is 0.710. The van der Waals surface area contributed by atoms with Gasteiger partial charge in [0.05, 0.1) is 12.6 Å². The fourth-order valence-corrected chi connectivity index (χ4v) is 3.58. The molecule has 128 valence electrons. The lowest BCUT2D eigenvalue weighted by Gasteiger charge is -2.24. The highest BCUT2D eigenvalue weighted by Crippen LogP contribution is 2.24. The van der Waals surface area contributed by atoms with Gasteiger partial charge in [-0.15, -0.1) is 0 Å². The number of nitrogens with zero attached hydrogens (tertiary/aromatic N) is 3. The van der Waals surface area contributed by atoms with Gasteiger partial charge >= 0.3 is 0 Å². The molecule has 0 spiro atoms. The first-order chi connectivity index (χ1) is 11.8. The van der Waals surface area contributed by atoms with Gasteiger partial charge in [-0.25, -0.2) is 9.97 Å². The van der Waals surface area contributed by atoms with Gasteiger partial charge in [-0.1, -0.05) is 28.1 Å².